The van der Waals surface area contributed by atoms with Gasteiger partial charge >= 0.3 is 103 Å². The fourth-order valence-corrected chi connectivity index (χ4v) is 0.888. The van der Waals surface area contributed by atoms with Crippen molar-refractivity contribution in [2.75, 3.05) is 47.3 Å². The zero-order valence-corrected chi connectivity index (χ0v) is 13.3. The Morgan fingerprint density at radius 1 is 1.00 bits per heavy atom. The fourth-order valence-electron chi connectivity index (χ4n) is 0.407. The Balaban J connectivity index is -0.0000000724. The standard InChI is InChI=1S/2C3H7O2.C2H6O.Al.Na.2H/c2*1-5-3-2-4;1-2-3;;;;/h2*2-3H2,1H3;3H,2H2,1H3;;;;/q2*-1;;+3;+1;2*-1. The number of hydrogen-bond acceptors (Lipinski definition) is 5. The molecule has 0 aliphatic rings. The Morgan fingerprint density at radius 3 is 1.60 bits per heavy atom. The number of aliphatic hydroxyl groups is 1. The third-order valence-corrected chi connectivity index (χ3v) is 1.69. The first kappa shape index (κ1) is 21.6. The minimum Gasteiger partial charge on any atom is -1.00 e. The van der Waals surface area contributed by atoms with Gasteiger partial charge in [0.1, 0.15) is 0 Å². The topological polar surface area (TPSA) is 57.2 Å². The average Bonchev–Trinajstić information content (AvgIpc) is 2.18. The van der Waals surface area contributed by atoms with Crippen LogP contribution < -0.4 is 29.6 Å². The van der Waals surface area contributed by atoms with Gasteiger partial charge < -0.3 is 7.96 Å². The van der Waals surface area contributed by atoms with Gasteiger partial charge in [-0.15, -0.1) is 0 Å². The number of hydrogen-bond donors (Lipinski definition) is 1. The molecule has 0 aliphatic carbocycles. The van der Waals surface area contributed by atoms with Crippen LogP contribution in [0.3, 0.4) is 0 Å². The monoisotopic (exact) mass is 248 g/mol. The van der Waals surface area contributed by atoms with Crippen molar-refractivity contribution in [3.63, 3.8) is 0 Å². The molecule has 0 aromatic rings. The van der Waals surface area contributed by atoms with E-state index in [1.54, 1.807) is 21.1 Å². The molecule has 0 aromatic carbocycles. The summed E-state index contributed by atoms with van der Waals surface area (Å²) in [6, 6.07) is 0. The summed E-state index contributed by atoms with van der Waals surface area (Å²) in [5.41, 5.74) is 0. The molecule has 0 saturated heterocycles. The van der Waals surface area contributed by atoms with Crippen LogP contribution in [0.2, 0.25) is 0 Å². The van der Waals surface area contributed by atoms with E-state index in [-0.39, 0.29) is 54.9 Å². The van der Waals surface area contributed by atoms with Crippen molar-refractivity contribution in [2.24, 2.45) is 0 Å². The molecule has 0 spiro atoms. The quantitative estimate of drug-likeness (QED) is 0.368. The summed E-state index contributed by atoms with van der Waals surface area (Å²) in [6.07, 6.45) is 0. The molecule has 0 radical (unpaired) electrons. The zero-order valence-electron chi connectivity index (χ0n) is 12.2. The van der Waals surface area contributed by atoms with Crippen LogP contribution >= 0.6 is 0 Å². The molecule has 5 nitrogen and oxygen atoms in total. The molecular weight excluding hydrogens is 226 g/mol. The first-order chi connectivity index (χ1) is 6.83. The maximum atomic E-state index is 7.57. The van der Waals surface area contributed by atoms with Crippen molar-refractivity contribution >= 4 is 15.9 Å². The number of aliphatic hydroxyl groups excluding tert-OH is 1. The normalized spacial score (nSPS) is 8.27. The van der Waals surface area contributed by atoms with Crippen LogP contribution in [0.25, 0.3) is 0 Å². The van der Waals surface area contributed by atoms with Gasteiger partial charge in [-0.1, -0.05) is 0 Å². The van der Waals surface area contributed by atoms with Crippen LogP contribution in [0.4, 0.5) is 0 Å². The maximum absolute atomic E-state index is 7.57. The van der Waals surface area contributed by atoms with Crippen molar-refractivity contribution in [3.8, 4) is 0 Å². The van der Waals surface area contributed by atoms with Gasteiger partial charge in [0.05, 0.1) is 0 Å². The molecule has 0 unspecified atom stereocenters. The second kappa shape index (κ2) is 24.5. The van der Waals surface area contributed by atoms with Gasteiger partial charge in [0.15, 0.2) is 0 Å². The molecule has 0 fully saturated rings. The van der Waals surface area contributed by atoms with Crippen molar-refractivity contribution in [1.82, 2.24) is 0 Å². The summed E-state index contributed by atoms with van der Waals surface area (Å²) >= 11 is -0.349. The van der Waals surface area contributed by atoms with Crippen LogP contribution in [0.1, 0.15) is 9.78 Å². The first-order valence-electron chi connectivity index (χ1n) is 4.47. The van der Waals surface area contributed by atoms with Gasteiger partial charge in [-0.25, -0.2) is 0 Å². The van der Waals surface area contributed by atoms with Crippen LogP contribution in [-0.4, -0.2) is 68.2 Å². The largest absolute Gasteiger partial charge is 1.00 e. The molecule has 0 rings (SSSR count). The predicted octanol–water partition coefficient (Wildman–Crippen LogP) is -2.93. The van der Waals surface area contributed by atoms with Gasteiger partial charge in [0.25, 0.3) is 0 Å². The van der Waals surface area contributed by atoms with E-state index in [9.17, 15) is 0 Å². The van der Waals surface area contributed by atoms with E-state index in [1.807, 2.05) is 0 Å². The van der Waals surface area contributed by atoms with Gasteiger partial charge in [-0.3, -0.25) is 0 Å². The SMILES string of the molecule is CCO.COCC[O][Al+][O]CCOC.[H-].[H-].[Na+]. The molecule has 0 heterocycles. The average molecular weight is 248 g/mol. The van der Waals surface area contributed by atoms with E-state index >= 15 is 0 Å². The summed E-state index contributed by atoms with van der Waals surface area (Å²) in [5.74, 6) is 0. The Kier molecular flexibility index (Phi) is 35.3. The van der Waals surface area contributed by atoms with E-state index in [0.29, 0.717) is 26.4 Å². The maximum Gasteiger partial charge on any atom is 1.00 e. The van der Waals surface area contributed by atoms with Gasteiger partial charge in [0.2, 0.25) is 0 Å². The molecule has 88 valence electrons. The van der Waals surface area contributed by atoms with E-state index < -0.39 is 0 Å². The third-order valence-electron chi connectivity index (χ3n) is 0.947. The first-order valence-corrected chi connectivity index (χ1v) is 5.41. The molecule has 1 N–H and O–H groups in total. The fraction of sp³-hybridized carbons (Fsp3) is 1.00. The minimum absolute atomic E-state index is 0. The molecule has 0 aliphatic heterocycles. The Morgan fingerprint density at radius 2 is 1.33 bits per heavy atom. The van der Waals surface area contributed by atoms with E-state index in [0.717, 1.165) is 0 Å². The molecule has 0 amide bonds. The molecule has 7 heteroatoms. The van der Waals surface area contributed by atoms with E-state index in [2.05, 4.69) is 0 Å². The zero-order chi connectivity index (χ0) is 11.1. The summed E-state index contributed by atoms with van der Waals surface area (Å²) in [4.78, 5) is 0. The molecule has 0 aromatic heterocycles. The van der Waals surface area contributed by atoms with Crippen molar-refractivity contribution in [3.05, 3.63) is 0 Å². The Labute approximate surface area is 124 Å². The van der Waals surface area contributed by atoms with Crippen LogP contribution in [0.5, 0.6) is 0 Å². The number of rotatable bonds is 8. The summed E-state index contributed by atoms with van der Waals surface area (Å²) in [7, 11) is 3.29. The predicted molar refractivity (Wildman–Crippen MR) is 56.4 cm³/mol. The van der Waals surface area contributed by atoms with Crippen molar-refractivity contribution in [1.29, 1.82) is 0 Å². The Hall–Kier alpha value is 1.33. The van der Waals surface area contributed by atoms with Crippen LogP contribution in [0, 0.1) is 0 Å². The molecular formula is C8H22AlNaO5. The third kappa shape index (κ3) is 31.3. The van der Waals surface area contributed by atoms with Crippen LogP contribution in [-0.2, 0) is 17.1 Å². The molecule has 0 saturated carbocycles. The summed E-state index contributed by atoms with van der Waals surface area (Å²) in [5, 5.41) is 7.57. The number of ether oxygens (including phenoxy) is 2. The Bertz CT molecular complexity index is 90.3. The molecule has 15 heavy (non-hydrogen) atoms. The second-order valence-corrected chi connectivity index (χ2v) is 3.00. The van der Waals surface area contributed by atoms with Gasteiger partial charge in [-0.05, 0) is 6.92 Å². The van der Waals surface area contributed by atoms with Crippen molar-refractivity contribution < 1.29 is 54.6 Å². The smallest absolute Gasteiger partial charge is 1.00 e. The minimum atomic E-state index is -0.349. The summed E-state index contributed by atoms with van der Waals surface area (Å²) < 4.78 is 19.8. The molecule has 0 bridgehead atoms. The van der Waals surface area contributed by atoms with Gasteiger partial charge in [0, 0.05) is 6.61 Å². The van der Waals surface area contributed by atoms with E-state index in [1.165, 1.54) is 0 Å². The van der Waals surface area contributed by atoms with Crippen LogP contribution in [0.15, 0.2) is 0 Å². The van der Waals surface area contributed by atoms with Crippen molar-refractivity contribution in [2.45, 2.75) is 6.92 Å². The second-order valence-electron chi connectivity index (χ2n) is 2.14. The number of methoxy groups -OCH3 is 2. The van der Waals surface area contributed by atoms with E-state index in [4.69, 9.17) is 22.2 Å². The molecule has 0 atom stereocenters. The summed E-state index contributed by atoms with van der Waals surface area (Å²) in [6.45, 7) is 4.40. The van der Waals surface area contributed by atoms with Gasteiger partial charge in [-0.2, -0.15) is 0 Å².